The fraction of sp³-hybridized carbons (Fsp3) is 0.333. The molecule has 0 unspecified atom stereocenters. The predicted molar refractivity (Wildman–Crippen MR) is 72.9 cm³/mol. The number of aromatic nitrogens is 3. The highest BCUT2D eigenvalue weighted by atomic mass is 32.2. The monoisotopic (exact) mass is 264 g/mol. The first-order valence-corrected chi connectivity index (χ1v) is 6.51. The lowest BCUT2D eigenvalue weighted by Gasteiger charge is -2.10. The number of anilines is 1. The van der Waals surface area contributed by atoms with Crippen molar-refractivity contribution in [2.75, 3.05) is 5.73 Å². The first kappa shape index (κ1) is 12.8. The molecule has 2 aromatic rings. The van der Waals surface area contributed by atoms with Gasteiger partial charge in [-0.1, -0.05) is 6.07 Å². The Balaban J connectivity index is 2.40. The number of aryl methyl sites for hydroxylation is 1. The van der Waals surface area contributed by atoms with Gasteiger partial charge in [-0.05, 0) is 50.2 Å². The van der Waals surface area contributed by atoms with E-state index in [-0.39, 0.29) is 11.7 Å². The van der Waals surface area contributed by atoms with Crippen LogP contribution in [0.1, 0.15) is 25.5 Å². The smallest absolute Gasteiger partial charge is 0.344 e. The van der Waals surface area contributed by atoms with Crippen LogP contribution in [0.3, 0.4) is 0 Å². The molecule has 0 atom stereocenters. The Morgan fingerprint density at radius 2 is 2.17 bits per heavy atom. The molecule has 0 saturated heterocycles. The van der Waals surface area contributed by atoms with Crippen LogP contribution in [-0.2, 0) is 0 Å². The molecule has 1 aromatic heterocycles. The summed E-state index contributed by atoms with van der Waals surface area (Å²) in [7, 11) is 0. The molecule has 0 aliphatic rings. The van der Waals surface area contributed by atoms with Gasteiger partial charge in [0.2, 0.25) is 0 Å². The molecule has 0 bridgehead atoms. The van der Waals surface area contributed by atoms with Gasteiger partial charge in [-0.2, -0.15) is 0 Å². The normalized spacial score (nSPS) is 11.1. The number of nitrogens with one attached hydrogen (secondary N) is 1. The van der Waals surface area contributed by atoms with Crippen LogP contribution in [0.2, 0.25) is 0 Å². The zero-order valence-corrected chi connectivity index (χ0v) is 11.4. The Bertz CT molecular complexity index is 615. The first-order chi connectivity index (χ1) is 8.49. The maximum Gasteiger partial charge on any atom is 0.344 e. The first-order valence-electron chi connectivity index (χ1n) is 5.70. The van der Waals surface area contributed by atoms with E-state index in [1.165, 1.54) is 11.8 Å². The fourth-order valence-corrected chi connectivity index (χ4v) is 2.75. The second-order valence-electron chi connectivity index (χ2n) is 4.40. The van der Waals surface area contributed by atoms with E-state index in [9.17, 15) is 4.79 Å². The standard InChI is InChI=1S/C12H16N4OS/c1-7(2)16-11(17)14-15-12(16)18-10-6-9(13)5-4-8(10)3/h4-7H,13H2,1-3H3,(H,14,17). The summed E-state index contributed by atoms with van der Waals surface area (Å²) in [6, 6.07) is 5.78. The minimum absolute atomic E-state index is 0.0696. The van der Waals surface area contributed by atoms with Gasteiger partial charge in [-0.3, -0.25) is 4.57 Å². The molecule has 2 rings (SSSR count). The Hall–Kier alpha value is -1.69. The summed E-state index contributed by atoms with van der Waals surface area (Å²) in [5.74, 6) is 0. The van der Waals surface area contributed by atoms with Crippen LogP contribution < -0.4 is 11.4 Å². The molecule has 96 valence electrons. The lowest BCUT2D eigenvalue weighted by atomic mass is 10.2. The number of hydrogen-bond donors (Lipinski definition) is 2. The molecule has 1 heterocycles. The zero-order chi connectivity index (χ0) is 13.3. The number of H-pyrrole nitrogens is 1. The van der Waals surface area contributed by atoms with E-state index in [1.54, 1.807) is 4.57 Å². The number of aromatic amines is 1. The summed E-state index contributed by atoms with van der Waals surface area (Å²) >= 11 is 1.44. The Labute approximate surface area is 109 Å². The number of nitrogens with zero attached hydrogens (tertiary/aromatic N) is 2. The van der Waals surface area contributed by atoms with E-state index in [4.69, 9.17) is 5.73 Å². The maximum absolute atomic E-state index is 11.6. The SMILES string of the molecule is Cc1ccc(N)cc1Sc1n[nH]c(=O)n1C(C)C. The van der Waals surface area contributed by atoms with Gasteiger partial charge in [0.05, 0.1) is 0 Å². The Morgan fingerprint density at radius 1 is 1.44 bits per heavy atom. The predicted octanol–water partition coefficient (Wildman–Crippen LogP) is 2.19. The summed E-state index contributed by atoms with van der Waals surface area (Å²) in [5.41, 5.74) is 7.40. The van der Waals surface area contributed by atoms with E-state index in [2.05, 4.69) is 10.2 Å². The van der Waals surface area contributed by atoms with Gasteiger partial charge >= 0.3 is 5.69 Å². The number of nitrogen functional groups attached to an aromatic ring is 1. The molecule has 0 saturated carbocycles. The molecule has 5 nitrogen and oxygen atoms in total. The minimum atomic E-state index is -0.186. The van der Waals surface area contributed by atoms with Crippen molar-refractivity contribution in [1.82, 2.24) is 14.8 Å². The molecule has 0 radical (unpaired) electrons. The van der Waals surface area contributed by atoms with Gasteiger partial charge in [-0.25, -0.2) is 9.89 Å². The van der Waals surface area contributed by atoms with Crippen LogP contribution in [0.25, 0.3) is 0 Å². The van der Waals surface area contributed by atoms with Gasteiger partial charge in [-0.15, -0.1) is 5.10 Å². The molecular weight excluding hydrogens is 248 g/mol. The van der Waals surface area contributed by atoms with Crippen LogP contribution in [-0.4, -0.2) is 14.8 Å². The summed E-state index contributed by atoms with van der Waals surface area (Å²) in [5, 5.41) is 7.19. The topological polar surface area (TPSA) is 76.7 Å². The lowest BCUT2D eigenvalue weighted by molar-refractivity contribution is 0.534. The Morgan fingerprint density at radius 3 is 2.83 bits per heavy atom. The molecule has 0 aliphatic carbocycles. The van der Waals surface area contributed by atoms with Crippen molar-refractivity contribution < 1.29 is 0 Å². The van der Waals surface area contributed by atoms with Crippen LogP contribution in [0.4, 0.5) is 5.69 Å². The minimum Gasteiger partial charge on any atom is -0.399 e. The second-order valence-corrected chi connectivity index (χ2v) is 5.41. The van der Waals surface area contributed by atoms with Gasteiger partial charge in [0.1, 0.15) is 0 Å². The maximum atomic E-state index is 11.6. The molecule has 0 spiro atoms. The summed E-state index contributed by atoms with van der Waals surface area (Å²) < 4.78 is 1.63. The van der Waals surface area contributed by atoms with Crippen molar-refractivity contribution in [1.29, 1.82) is 0 Å². The molecule has 3 N–H and O–H groups in total. The van der Waals surface area contributed by atoms with Crippen molar-refractivity contribution in [2.45, 2.75) is 36.9 Å². The lowest BCUT2D eigenvalue weighted by Crippen LogP contribution is -2.19. The third-order valence-corrected chi connectivity index (χ3v) is 3.73. The quantitative estimate of drug-likeness (QED) is 0.833. The summed E-state index contributed by atoms with van der Waals surface area (Å²) in [6.07, 6.45) is 0. The number of rotatable bonds is 3. The Kier molecular flexibility index (Phi) is 3.47. The summed E-state index contributed by atoms with van der Waals surface area (Å²) in [6.45, 7) is 5.91. The van der Waals surface area contributed by atoms with Gasteiger partial charge in [0.15, 0.2) is 5.16 Å². The van der Waals surface area contributed by atoms with Crippen LogP contribution in [0.5, 0.6) is 0 Å². The van der Waals surface area contributed by atoms with Crippen molar-refractivity contribution in [3.05, 3.63) is 34.2 Å². The highest BCUT2D eigenvalue weighted by Crippen LogP contribution is 2.30. The molecule has 1 aromatic carbocycles. The van der Waals surface area contributed by atoms with Gasteiger partial charge in [0.25, 0.3) is 0 Å². The van der Waals surface area contributed by atoms with Crippen LogP contribution >= 0.6 is 11.8 Å². The summed E-state index contributed by atoms with van der Waals surface area (Å²) in [4.78, 5) is 12.6. The van der Waals surface area contributed by atoms with Crippen molar-refractivity contribution in [3.63, 3.8) is 0 Å². The third-order valence-electron chi connectivity index (χ3n) is 2.60. The second kappa shape index (κ2) is 4.89. The van der Waals surface area contributed by atoms with E-state index < -0.39 is 0 Å². The molecule has 0 aliphatic heterocycles. The van der Waals surface area contributed by atoms with Crippen LogP contribution in [0, 0.1) is 6.92 Å². The highest BCUT2D eigenvalue weighted by molar-refractivity contribution is 7.99. The number of nitrogens with two attached hydrogens (primary N) is 1. The van der Waals surface area contributed by atoms with E-state index >= 15 is 0 Å². The van der Waals surface area contributed by atoms with Crippen molar-refractivity contribution in [3.8, 4) is 0 Å². The molecule has 18 heavy (non-hydrogen) atoms. The average molecular weight is 264 g/mol. The molecule has 0 fully saturated rings. The zero-order valence-electron chi connectivity index (χ0n) is 10.6. The average Bonchev–Trinajstić information content (AvgIpc) is 2.65. The van der Waals surface area contributed by atoms with Crippen LogP contribution in [0.15, 0.2) is 33.0 Å². The fourth-order valence-electron chi connectivity index (χ4n) is 1.64. The van der Waals surface area contributed by atoms with Crippen molar-refractivity contribution >= 4 is 17.4 Å². The number of hydrogen-bond acceptors (Lipinski definition) is 4. The van der Waals surface area contributed by atoms with Gasteiger partial charge in [0, 0.05) is 16.6 Å². The molecule has 6 heteroatoms. The third kappa shape index (κ3) is 2.43. The van der Waals surface area contributed by atoms with Gasteiger partial charge < -0.3 is 5.73 Å². The van der Waals surface area contributed by atoms with E-state index in [1.807, 2.05) is 39.0 Å². The number of benzene rings is 1. The van der Waals surface area contributed by atoms with E-state index in [0.717, 1.165) is 10.5 Å². The largest absolute Gasteiger partial charge is 0.399 e. The molecular formula is C12H16N4OS. The molecule has 0 amide bonds. The van der Waals surface area contributed by atoms with E-state index in [0.29, 0.717) is 10.8 Å². The van der Waals surface area contributed by atoms with Crippen molar-refractivity contribution in [2.24, 2.45) is 0 Å². The highest BCUT2D eigenvalue weighted by Gasteiger charge is 2.13.